The first-order valence-corrected chi connectivity index (χ1v) is 9.47. The number of hydrogen-bond acceptors (Lipinski definition) is 2. The third kappa shape index (κ3) is 3.31. The highest BCUT2D eigenvalue weighted by molar-refractivity contribution is 6.74. The topological polar surface area (TPSA) is 29.5 Å². The van der Waals surface area contributed by atoms with Crippen molar-refractivity contribution >= 4 is 8.32 Å². The maximum atomic E-state index is 9.40. The Balaban J connectivity index is 2.64. The van der Waals surface area contributed by atoms with Gasteiger partial charge in [-0.1, -0.05) is 33.6 Å². The maximum absolute atomic E-state index is 9.40. The molecule has 1 aliphatic carbocycles. The molecule has 1 aliphatic rings. The Hall–Kier alpha value is 0.137. The van der Waals surface area contributed by atoms with Crippen LogP contribution in [0.1, 0.15) is 46.5 Å². The molecule has 1 saturated carbocycles. The molecule has 96 valence electrons. The van der Waals surface area contributed by atoms with Gasteiger partial charge in [-0.2, -0.15) is 0 Å². The van der Waals surface area contributed by atoms with E-state index in [1.54, 1.807) is 0 Å². The molecule has 0 saturated heterocycles. The molecule has 16 heavy (non-hydrogen) atoms. The van der Waals surface area contributed by atoms with Crippen LogP contribution in [0.25, 0.3) is 0 Å². The summed E-state index contributed by atoms with van der Waals surface area (Å²) in [5.41, 5.74) is 0. The van der Waals surface area contributed by atoms with E-state index in [1.165, 1.54) is 12.8 Å². The molecule has 2 nitrogen and oxygen atoms in total. The predicted octanol–water partition coefficient (Wildman–Crippen LogP) is 3.56. The van der Waals surface area contributed by atoms with Crippen LogP contribution in [-0.2, 0) is 4.43 Å². The molecule has 0 radical (unpaired) electrons. The van der Waals surface area contributed by atoms with Crippen LogP contribution in [0.5, 0.6) is 0 Å². The summed E-state index contributed by atoms with van der Waals surface area (Å²) in [7, 11) is -1.66. The van der Waals surface area contributed by atoms with Crippen molar-refractivity contribution in [2.75, 3.05) is 6.61 Å². The Morgan fingerprint density at radius 2 is 1.75 bits per heavy atom. The van der Waals surface area contributed by atoms with Crippen molar-refractivity contribution < 1.29 is 9.53 Å². The average Bonchev–Trinajstić information content (AvgIpc) is 2.16. The van der Waals surface area contributed by atoms with E-state index >= 15 is 0 Å². The molecule has 1 rings (SSSR count). The van der Waals surface area contributed by atoms with E-state index in [9.17, 15) is 5.11 Å². The van der Waals surface area contributed by atoms with Gasteiger partial charge < -0.3 is 9.53 Å². The lowest BCUT2D eigenvalue weighted by atomic mass is 9.87. The molecule has 0 spiro atoms. The number of rotatable bonds is 3. The van der Waals surface area contributed by atoms with Crippen molar-refractivity contribution in [2.24, 2.45) is 5.92 Å². The van der Waals surface area contributed by atoms with E-state index in [0.717, 1.165) is 12.8 Å². The lowest BCUT2D eigenvalue weighted by Gasteiger charge is -2.42. The second-order valence-electron chi connectivity index (χ2n) is 6.64. The smallest absolute Gasteiger partial charge is 0.192 e. The van der Waals surface area contributed by atoms with Gasteiger partial charge in [0.15, 0.2) is 8.32 Å². The minimum atomic E-state index is -1.66. The van der Waals surface area contributed by atoms with E-state index < -0.39 is 8.32 Å². The number of aliphatic hydroxyl groups is 1. The molecule has 1 fully saturated rings. The van der Waals surface area contributed by atoms with Gasteiger partial charge in [0.2, 0.25) is 0 Å². The highest BCUT2D eigenvalue weighted by Gasteiger charge is 2.41. The predicted molar refractivity (Wildman–Crippen MR) is 71.1 cm³/mol. The summed E-state index contributed by atoms with van der Waals surface area (Å²) in [6.07, 6.45) is 5.09. The van der Waals surface area contributed by atoms with Crippen molar-refractivity contribution in [3.05, 3.63) is 0 Å². The van der Waals surface area contributed by atoms with Crippen LogP contribution in [0, 0.1) is 5.92 Å². The van der Waals surface area contributed by atoms with Crippen LogP contribution < -0.4 is 0 Å². The summed E-state index contributed by atoms with van der Waals surface area (Å²) in [5.74, 6) is 0.378. The summed E-state index contributed by atoms with van der Waals surface area (Å²) in [4.78, 5) is 0. The molecule has 0 aromatic heterocycles. The normalized spacial score (nSPS) is 28.1. The Bertz CT molecular complexity index is 220. The average molecular weight is 244 g/mol. The highest BCUT2D eigenvalue weighted by atomic mass is 28.4. The summed E-state index contributed by atoms with van der Waals surface area (Å²) < 4.78 is 6.43. The van der Waals surface area contributed by atoms with Gasteiger partial charge in [-0.05, 0) is 31.0 Å². The Labute approximate surface area is 102 Å². The van der Waals surface area contributed by atoms with E-state index in [0.29, 0.717) is 18.6 Å². The Morgan fingerprint density at radius 1 is 1.19 bits per heavy atom. The molecule has 1 N–H and O–H groups in total. The van der Waals surface area contributed by atoms with Gasteiger partial charge in [0.05, 0.1) is 6.10 Å². The van der Waals surface area contributed by atoms with Gasteiger partial charge in [-0.25, -0.2) is 0 Å². The molecular formula is C13H28O2Si. The standard InChI is InChI=1S/C13H28O2Si/c1-13(2,3)16(4,5)15-12-9-7-6-8-11(12)10-14/h11-12,14H,6-10H2,1-5H3/t11-,12?/m0/s1. The molecule has 0 bridgehead atoms. The number of aliphatic hydroxyl groups excluding tert-OH is 1. The lowest BCUT2D eigenvalue weighted by molar-refractivity contribution is 0.0440. The van der Waals surface area contributed by atoms with Gasteiger partial charge >= 0.3 is 0 Å². The molecule has 1 unspecified atom stereocenters. The van der Waals surface area contributed by atoms with Gasteiger partial charge in [0, 0.05) is 12.5 Å². The molecule has 0 aromatic rings. The molecule has 0 aromatic carbocycles. The molecule has 0 aliphatic heterocycles. The van der Waals surface area contributed by atoms with Gasteiger partial charge in [0.25, 0.3) is 0 Å². The lowest BCUT2D eigenvalue weighted by Crippen LogP contribution is -2.47. The van der Waals surface area contributed by atoms with Gasteiger partial charge in [0.1, 0.15) is 0 Å². The first kappa shape index (κ1) is 14.2. The Kier molecular flexibility index (Phi) is 4.61. The van der Waals surface area contributed by atoms with Crippen molar-refractivity contribution in [3.63, 3.8) is 0 Å². The second-order valence-corrected chi connectivity index (χ2v) is 11.4. The number of hydrogen-bond donors (Lipinski definition) is 1. The quantitative estimate of drug-likeness (QED) is 0.769. The van der Waals surface area contributed by atoms with Crippen molar-refractivity contribution in [1.82, 2.24) is 0 Å². The first-order valence-electron chi connectivity index (χ1n) is 6.56. The van der Waals surface area contributed by atoms with Crippen LogP contribution >= 0.6 is 0 Å². The molecule has 0 amide bonds. The fourth-order valence-electron chi connectivity index (χ4n) is 2.09. The largest absolute Gasteiger partial charge is 0.414 e. The van der Waals surface area contributed by atoms with Gasteiger partial charge in [-0.3, -0.25) is 0 Å². The zero-order chi connectivity index (χ0) is 12.4. The van der Waals surface area contributed by atoms with Crippen molar-refractivity contribution in [2.45, 2.75) is 70.7 Å². The van der Waals surface area contributed by atoms with E-state index in [-0.39, 0.29) is 5.04 Å². The zero-order valence-corrected chi connectivity index (χ0v) is 12.5. The van der Waals surface area contributed by atoms with Crippen molar-refractivity contribution in [3.8, 4) is 0 Å². The first-order chi connectivity index (χ1) is 7.28. The maximum Gasteiger partial charge on any atom is 0.192 e. The molecule has 3 heteroatoms. The van der Waals surface area contributed by atoms with Gasteiger partial charge in [-0.15, -0.1) is 0 Å². The minimum absolute atomic E-state index is 0.268. The van der Waals surface area contributed by atoms with Crippen LogP contribution in [0.4, 0.5) is 0 Å². The summed E-state index contributed by atoms with van der Waals surface area (Å²) in [6, 6.07) is 0. The summed E-state index contributed by atoms with van der Waals surface area (Å²) in [6.45, 7) is 11.7. The fraction of sp³-hybridized carbons (Fsp3) is 1.00. The molecule has 2 atom stereocenters. The van der Waals surface area contributed by atoms with Crippen molar-refractivity contribution in [1.29, 1.82) is 0 Å². The third-order valence-corrected chi connectivity index (χ3v) is 8.83. The second kappa shape index (κ2) is 5.19. The summed E-state index contributed by atoms with van der Waals surface area (Å²) in [5, 5.41) is 9.66. The van der Waals surface area contributed by atoms with E-state index in [4.69, 9.17) is 4.43 Å². The Morgan fingerprint density at radius 3 is 2.25 bits per heavy atom. The SMILES string of the molecule is CC(C)(C)[Si](C)(C)OC1CCCC[C@H]1CO. The monoisotopic (exact) mass is 244 g/mol. The van der Waals surface area contributed by atoms with E-state index in [1.807, 2.05) is 0 Å². The van der Waals surface area contributed by atoms with Crippen LogP contribution in [0.15, 0.2) is 0 Å². The van der Waals surface area contributed by atoms with Crippen LogP contribution in [-0.4, -0.2) is 26.1 Å². The zero-order valence-electron chi connectivity index (χ0n) is 11.5. The highest BCUT2D eigenvalue weighted by Crippen LogP contribution is 2.40. The minimum Gasteiger partial charge on any atom is -0.414 e. The van der Waals surface area contributed by atoms with E-state index in [2.05, 4.69) is 33.9 Å². The van der Waals surface area contributed by atoms with Crippen LogP contribution in [0.3, 0.4) is 0 Å². The fourth-order valence-corrected chi connectivity index (χ4v) is 3.51. The van der Waals surface area contributed by atoms with Crippen LogP contribution in [0.2, 0.25) is 18.1 Å². The molecular weight excluding hydrogens is 216 g/mol. The third-order valence-electron chi connectivity index (χ3n) is 4.33. The summed E-state index contributed by atoms with van der Waals surface area (Å²) >= 11 is 0. The molecule has 0 heterocycles.